The molecule has 4 heteroatoms. The largest absolute Gasteiger partial charge is 0.289 e. The average molecular weight is 149 g/mol. The number of nitro groups is 1. The highest BCUT2D eigenvalue weighted by Gasteiger charge is 2.15. The first-order valence-electron chi connectivity index (χ1n) is 3.03. The molecule has 0 radical (unpaired) electrons. The maximum Gasteiger partial charge on any atom is 0.270 e. The number of rotatable bonds is 1. The number of hydrogen-bond acceptors (Lipinski definition) is 3. The van der Waals surface area contributed by atoms with Gasteiger partial charge in [0, 0.05) is 22.9 Å². The Kier molecular flexibility index (Phi) is 0.910. The van der Waals surface area contributed by atoms with Crippen molar-refractivity contribution in [1.29, 1.82) is 0 Å². The monoisotopic (exact) mass is 149 g/mol. The molecule has 0 N–H and O–H groups in total. The first-order chi connectivity index (χ1) is 5.20. The predicted molar refractivity (Wildman–Crippen MR) is 39.2 cm³/mol. The summed E-state index contributed by atoms with van der Waals surface area (Å²) in [5.41, 5.74) is -0.0901. The quantitative estimate of drug-likeness (QED) is 0.448. The van der Waals surface area contributed by atoms with Gasteiger partial charge in [0.1, 0.15) is 0 Å². The standard InChI is InChI=1S/C7H3NO3/c9-7-5-2-1-4(8(10)11)3-6(5)7/h1-3H. The third-order valence-corrected chi connectivity index (χ3v) is 1.64. The normalized spacial score (nSPS) is 10.9. The second-order valence-corrected chi connectivity index (χ2v) is 2.32. The fourth-order valence-corrected chi connectivity index (χ4v) is 0.985. The maximum absolute atomic E-state index is 10.7. The van der Waals surface area contributed by atoms with Crippen LogP contribution in [0.2, 0.25) is 0 Å². The van der Waals surface area contributed by atoms with Crippen LogP contribution in [0.3, 0.4) is 0 Å². The fraction of sp³-hybridized carbons (Fsp3) is 0. The van der Waals surface area contributed by atoms with Crippen LogP contribution < -0.4 is 5.43 Å². The number of nitro benzene ring substituents is 1. The molecule has 2 rings (SSSR count). The number of hydrogen-bond donors (Lipinski definition) is 0. The molecule has 0 amide bonds. The Hall–Kier alpha value is -1.71. The minimum atomic E-state index is -0.508. The first-order valence-corrected chi connectivity index (χ1v) is 3.03. The van der Waals surface area contributed by atoms with Crippen molar-refractivity contribution in [3.8, 4) is 0 Å². The molecule has 0 heterocycles. The van der Waals surface area contributed by atoms with Crippen LogP contribution in [-0.2, 0) is 0 Å². The molecule has 0 aliphatic carbocycles. The van der Waals surface area contributed by atoms with Crippen molar-refractivity contribution >= 4 is 16.5 Å². The fourth-order valence-electron chi connectivity index (χ4n) is 0.985. The van der Waals surface area contributed by atoms with Crippen molar-refractivity contribution in [2.75, 3.05) is 0 Å². The molecule has 0 aliphatic heterocycles. The zero-order valence-electron chi connectivity index (χ0n) is 5.40. The van der Waals surface area contributed by atoms with Crippen LogP contribution in [0.5, 0.6) is 0 Å². The summed E-state index contributed by atoms with van der Waals surface area (Å²) in [5.74, 6) is 0. The van der Waals surface area contributed by atoms with E-state index in [0.29, 0.717) is 10.8 Å². The Bertz CT molecular complexity index is 451. The van der Waals surface area contributed by atoms with E-state index in [9.17, 15) is 14.9 Å². The molecule has 2 aromatic rings. The van der Waals surface area contributed by atoms with Crippen molar-refractivity contribution in [3.63, 3.8) is 0 Å². The summed E-state index contributed by atoms with van der Waals surface area (Å²) in [7, 11) is 0. The Balaban J connectivity index is 2.65. The number of non-ortho nitro benzene ring substituents is 1. The zero-order valence-corrected chi connectivity index (χ0v) is 5.40. The Morgan fingerprint density at radius 1 is 1.27 bits per heavy atom. The van der Waals surface area contributed by atoms with Gasteiger partial charge in [-0.05, 0) is 6.07 Å². The van der Waals surface area contributed by atoms with Gasteiger partial charge in [0.2, 0.25) is 0 Å². The summed E-state index contributed by atoms with van der Waals surface area (Å²) < 4.78 is 0. The minimum Gasteiger partial charge on any atom is -0.289 e. The van der Waals surface area contributed by atoms with Gasteiger partial charge in [0.15, 0.2) is 5.43 Å². The maximum atomic E-state index is 10.7. The van der Waals surface area contributed by atoms with Crippen LogP contribution in [0.25, 0.3) is 10.8 Å². The van der Waals surface area contributed by atoms with Crippen LogP contribution in [0.1, 0.15) is 0 Å². The molecule has 0 aliphatic rings. The zero-order chi connectivity index (χ0) is 8.01. The summed E-state index contributed by atoms with van der Waals surface area (Å²) in [5, 5.41) is 11.3. The molecule has 4 nitrogen and oxygen atoms in total. The molecule has 54 valence electrons. The molecule has 0 saturated carbocycles. The summed E-state index contributed by atoms with van der Waals surface area (Å²) in [6.07, 6.45) is 0. The predicted octanol–water partition coefficient (Wildman–Crippen LogP) is 0.984. The Labute approximate surface area is 60.9 Å². The van der Waals surface area contributed by atoms with E-state index in [-0.39, 0.29) is 11.1 Å². The molecular weight excluding hydrogens is 146 g/mol. The van der Waals surface area contributed by atoms with Crippen LogP contribution in [0.15, 0.2) is 23.0 Å². The van der Waals surface area contributed by atoms with Gasteiger partial charge < -0.3 is 0 Å². The molecule has 0 bridgehead atoms. The van der Waals surface area contributed by atoms with Crippen molar-refractivity contribution in [2.24, 2.45) is 0 Å². The third kappa shape index (κ3) is 0.724. The lowest BCUT2D eigenvalue weighted by atomic mass is 10.3. The molecule has 0 atom stereocenters. The summed E-state index contributed by atoms with van der Waals surface area (Å²) in [6, 6.07) is 4.12. The highest BCUT2D eigenvalue weighted by molar-refractivity contribution is 5.98. The molecule has 2 aromatic carbocycles. The lowest BCUT2D eigenvalue weighted by Crippen LogP contribution is -1.84. The summed E-state index contributed by atoms with van der Waals surface area (Å²) in [4.78, 5) is 20.4. The molecule has 0 spiro atoms. The van der Waals surface area contributed by atoms with E-state index in [0.717, 1.165) is 0 Å². The van der Waals surface area contributed by atoms with Crippen LogP contribution >= 0.6 is 0 Å². The van der Waals surface area contributed by atoms with Gasteiger partial charge in [-0.25, -0.2) is 0 Å². The van der Waals surface area contributed by atoms with Crippen molar-refractivity contribution in [1.82, 2.24) is 0 Å². The summed E-state index contributed by atoms with van der Waals surface area (Å²) >= 11 is 0. The van der Waals surface area contributed by atoms with Gasteiger partial charge >= 0.3 is 0 Å². The van der Waals surface area contributed by atoms with E-state index >= 15 is 0 Å². The van der Waals surface area contributed by atoms with E-state index in [1.165, 1.54) is 18.2 Å². The minimum absolute atomic E-state index is 0.0189. The van der Waals surface area contributed by atoms with Crippen LogP contribution in [0.4, 0.5) is 5.69 Å². The second-order valence-electron chi connectivity index (χ2n) is 2.32. The summed E-state index contributed by atoms with van der Waals surface area (Å²) in [6.45, 7) is 0. The van der Waals surface area contributed by atoms with Gasteiger partial charge in [-0.2, -0.15) is 0 Å². The van der Waals surface area contributed by atoms with Crippen molar-refractivity contribution in [2.45, 2.75) is 0 Å². The average Bonchev–Trinajstić information content (AvgIpc) is 2.62. The van der Waals surface area contributed by atoms with E-state index in [1.54, 1.807) is 0 Å². The topological polar surface area (TPSA) is 60.2 Å². The van der Waals surface area contributed by atoms with E-state index in [1.807, 2.05) is 0 Å². The highest BCUT2D eigenvalue weighted by Crippen LogP contribution is 2.20. The van der Waals surface area contributed by atoms with Crippen molar-refractivity contribution < 1.29 is 4.92 Å². The second kappa shape index (κ2) is 1.66. The number of fused-ring (bicyclic) bond motifs is 1. The third-order valence-electron chi connectivity index (χ3n) is 1.64. The van der Waals surface area contributed by atoms with Crippen LogP contribution in [-0.4, -0.2) is 4.92 Å². The lowest BCUT2D eigenvalue weighted by Gasteiger charge is -1.84. The van der Waals surface area contributed by atoms with E-state index in [2.05, 4.69) is 0 Å². The molecule has 0 fully saturated rings. The molecule has 0 saturated heterocycles. The first kappa shape index (κ1) is 6.03. The van der Waals surface area contributed by atoms with E-state index < -0.39 is 4.92 Å². The van der Waals surface area contributed by atoms with Crippen LogP contribution in [0, 0.1) is 10.1 Å². The van der Waals surface area contributed by atoms with Gasteiger partial charge in [-0.1, -0.05) is 0 Å². The SMILES string of the molecule is O=c1c2ccc([N+](=O)[O-])cc12. The smallest absolute Gasteiger partial charge is 0.270 e. The number of benzene rings is 1. The Morgan fingerprint density at radius 3 is 2.55 bits per heavy atom. The van der Waals surface area contributed by atoms with E-state index in [4.69, 9.17) is 0 Å². The number of nitrogens with zero attached hydrogens (tertiary/aromatic N) is 1. The highest BCUT2D eigenvalue weighted by atomic mass is 16.6. The van der Waals surface area contributed by atoms with Gasteiger partial charge in [0.05, 0.1) is 4.92 Å². The van der Waals surface area contributed by atoms with Gasteiger partial charge in [-0.3, -0.25) is 14.9 Å². The lowest BCUT2D eigenvalue weighted by molar-refractivity contribution is -0.384. The Morgan fingerprint density at radius 2 is 2.00 bits per heavy atom. The molecule has 0 unspecified atom stereocenters. The molecular formula is C7H3NO3. The van der Waals surface area contributed by atoms with Crippen molar-refractivity contribution in [3.05, 3.63) is 38.5 Å². The van der Waals surface area contributed by atoms with Gasteiger partial charge in [0.25, 0.3) is 5.69 Å². The molecule has 11 heavy (non-hydrogen) atoms. The van der Waals surface area contributed by atoms with Gasteiger partial charge in [-0.15, -0.1) is 0 Å². The molecule has 0 aromatic heterocycles.